The van der Waals surface area contributed by atoms with Crippen molar-refractivity contribution in [2.24, 2.45) is 0 Å². The molecule has 5 heteroatoms. The van der Waals surface area contributed by atoms with Gasteiger partial charge >= 0.3 is 0 Å². The second-order valence-electron chi connectivity index (χ2n) is 2.55. The molecule has 11 heavy (non-hydrogen) atoms. The summed E-state index contributed by atoms with van der Waals surface area (Å²) in [5.74, 6) is 0.735. The molecule has 1 saturated heterocycles. The molecule has 1 heterocycles. The summed E-state index contributed by atoms with van der Waals surface area (Å²) in [6.45, 7) is 1.58. The van der Waals surface area contributed by atoms with Crippen molar-refractivity contribution in [2.75, 3.05) is 31.1 Å². The normalized spacial score (nSPS) is 21.9. The van der Waals surface area contributed by atoms with Crippen molar-refractivity contribution in [3.63, 3.8) is 0 Å². The molecule has 1 amide bonds. The molecule has 0 aromatic heterocycles. The van der Waals surface area contributed by atoms with Crippen LogP contribution < -0.4 is 5.73 Å². The molecular weight excluding hydrogens is 164 g/mol. The lowest BCUT2D eigenvalue weighted by Gasteiger charge is -2.26. The molecule has 1 fully saturated rings. The number of hydrogen-bond acceptors (Lipinski definition) is 3. The average Bonchev–Trinajstić information content (AvgIpc) is 1.93. The first-order valence-corrected chi connectivity index (χ1v) is 4.99. The van der Waals surface area contributed by atoms with Crippen LogP contribution in [0.4, 0.5) is 0 Å². The van der Waals surface area contributed by atoms with Crippen molar-refractivity contribution in [3.8, 4) is 0 Å². The van der Waals surface area contributed by atoms with Crippen LogP contribution in [0, 0.1) is 0 Å². The van der Waals surface area contributed by atoms with Crippen LogP contribution >= 0.6 is 0 Å². The summed E-state index contributed by atoms with van der Waals surface area (Å²) in [6, 6.07) is 0. The highest BCUT2D eigenvalue weighted by atomic mass is 32.2. The lowest BCUT2D eigenvalue weighted by Crippen LogP contribution is -2.42. The molecule has 4 nitrogen and oxygen atoms in total. The SMILES string of the molecule is [NH]C(=O)CN1CC[S+]([O-])CC1. The number of rotatable bonds is 2. The summed E-state index contributed by atoms with van der Waals surface area (Å²) >= 11 is -0.690. The number of carbonyl (C=O) groups excluding carboxylic acids is 1. The molecule has 0 saturated carbocycles. The molecule has 1 aliphatic heterocycles. The Morgan fingerprint density at radius 2 is 2.09 bits per heavy atom. The molecule has 0 aliphatic carbocycles. The molecule has 1 N–H and O–H groups in total. The third-order valence-corrected chi connectivity index (χ3v) is 2.91. The van der Waals surface area contributed by atoms with E-state index < -0.39 is 17.1 Å². The highest BCUT2D eigenvalue weighted by Crippen LogP contribution is 2.02. The average molecular weight is 175 g/mol. The summed E-state index contributed by atoms with van der Waals surface area (Å²) < 4.78 is 10.8. The zero-order chi connectivity index (χ0) is 8.27. The predicted molar refractivity (Wildman–Crippen MR) is 42.4 cm³/mol. The van der Waals surface area contributed by atoms with Gasteiger partial charge in [0.25, 0.3) is 5.91 Å². The van der Waals surface area contributed by atoms with Crippen molar-refractivity contribution in [1.29, 1.82) is 0 Å². The minimum Gasteiger partial charge on any atom is -0.616 e. The van der Waals surface area contributed by atoms with Gasteiger partial charge in [-0.25, -0.2) is 0 Å². The number of nitrogens with zero attached hydrogens (tertiary/aromatic N) is 1. The topological polar surface area (TPSA) is 67.2 Å². The van der Waals surface area contributed by atoms with Crippen LogP contribution in [0.2, 0.25) is 0 Å². The molecule has 0 aromatic rings. The van der Waals surface area contributed by atoms with E-state index in [1.54, 1.807) is 0 Å². The fraction of sp³-hybridized carbons (Fsp3) is 0.833. The predicted octanol–water partition coefficient (Wildman–Crippen LogP) is -1.14. The molecule has 63 valence electrons. The van der Waals surface area contributed by atoms with Crippen LogP contribution in [0.1, 0.15) is 0 Å². The minimum atomic E-state index is -0.690. The first-order valence-electron chi connectivity index (χ1n) is 3.50. The van der Waals surface area contributed by atoms with Crippen LogP contribution in [0.15, 0.2) is 0 Å². The zero-order valence-corrected chi connectivity index (χ0v) is 7.02. The van der Waals surface area contributed by atoms with Crippen LogP contribution in [0.5, 0.6) is 0 Å². The number of nitrogens with one attached hydrogen (secondary N) is 1. The highest BCUT2D eigenvalue weighted by molar-refractivity contribution is 7.91. The van der Waals surface area contributed by atoms with E-state index in [1.165, 1.54) is 0 Å². The van der Waals surface area contributed by atoms with Gasteiger partial charge in [0, 0.05) is 13.1 Å². The van der Waals surface area contributed by atoms with Gasteiger partial charge in [-0.1, -0.05) is 11.2 Å². The molecule has 0 spiro atoms. The van der Waals surface area contributed by atoms with Crippen molar-refractivity contribution < 1.29 is 9.35 Å². The van der Waals surface area contributed by atoms with Gasteiger partial charge in [0.1, 0.15) is 11.5 Å². The van der Waals surface area contributed by atoms with E-state index in [9.17, 15) is 9.35 Å². The number of carbonyl (C=O) groups is 1. The molecule has 1 radical (unpaired) electrons. The summed E-state index contributed by atoms with van der Waals surface area (Å²) in [5.41, 5.74) is 6.71. The summed E-state index contributed by atoms with van der Waals surface area (Å²) in [7, 11) is 0. The maximum absolute atomic E-state index is 10.8. The van der Waals surface area contributed by atoms with Gasteiger partial charge in [-0.05, 0) is 0 Å². The zero-order valence-electron chi connectivity index (χ0n) is 6.21. The van der Waals surface area contributed by atoms with Crippen molar-refractivity contribution >= 4 is 17.1 Å². The number of hydrogen-bond donors (Lipinski definition) is 0. The Kier molecular flexibility index (Phi) is 3.16. The third kappa shape index (κ3) is 3.09. The van der Waals surface area contributed by atoms with Gasteiger partial charge < -0.3 is 4.55 Å². The molecule has 0 aromatic carbocycles. The van der Waals surface area contributed by atoms with Gasteiger partial charge in [-0.15, -0.1) is 0 Å². The Balaban J connectivity index is 2.22. The van der Waals surface area contributed by atoms with Gasteiger partial charge in [0.15, 0.2) is 0 Å². The minimum absolute atomic E-state index is 0.192. The lowest BCUT2D eigenvalue weighted by molar-refractivity contribution is -0.119. The van der Waals surface area contributed by atoms with E-state index in [2.05, 4.69) is 0 Å². The Morgan fingerprint density at radius 1 is 1.55 bits per heavy atom. The monoisotopic (exact) mass is 175 g/mol. The smallest absolute Gasteiger partial charge is 0.252 e. The Labute approximate surface area is 68.9 Å². The van der Waals surface area contributed by atoms with Gasteiger partial charge in [-0.3, -0.25) is 15.4 Å². The van der Waals surface area contributed by atoms with Gasteiger partial charge in [-0.2, -0.15) is 0 Å². The van der Waals surface area contributed by atoms with Gasteiger partial charge in [0.2, 0.25) is 0 Å². The van der Waals surface area contributed by atoms with Crippen LogP contribution in [-0.4, -0.2) is 46.5 Å². The Morgan fingerprint density at radius 3 is 2.55 bits per heavy atom. The summed E-state index contributed by atoms with van der Waals surface area (Å²) in [5, 5.41) is 0. The molecule has 0 bridgehead atoms. The first-order chi connectivity index (χ1) is 5.18. The van der Waals surface area contributed by atoms with E-state index in [0.717, 1.165) is 0 Å². The highest BCUT2D eigenvalue weighted by Gasteiger charge is 2.19. The van der Waals surface area contributed by atoms with Crippen LogP contribution in [0.25, 0.3) is 0 Å². The molecule has 0 atom stereocenters. The van der Waals surface area contributed by atoms with Crippen molar-refractivity contribution in [3.05, 3.63) is 0 Å². The largest absolute Gasteiger partial charge is 0.616 e. The lowest BCUT2D eigenvalue weighted by atomic mass is 10.4. The first kappa shape index (κ1) is 8.83. The Bertz CT molecular complexity index is 146. The standard InChI is InChI=1S/C6H11N2O2S/c7-6(9)5-8-1-3-11(10)4-2-8/h7H,1-5H2. The van der Waals surface area contributed by atoms with Gasteiger partial charge in [0.05, 0.1) is 6.54 Å². The fourth-order valence-electron chi connectivity index (χ4n) is 1.04. The molecule has 0 unspecified atom stereocenters. The van der Waals surface area contributed by atoms with E-state index in [4.69, 9.17) is 5.73 Å². The number of amides is 1. The van der Waals surface area contributed by atoms with Crippen LogP contribution in [0.3, 0.4) is 0 Å². The molecular formula is C6H11N2O2S. The Hall–Kier alpha value is -0.260. The second kappa shape index (κ2) is 3.94. The van der Waals surface area contributed by atoms with Crippen molar-refractivity contribution in [2.45, 2.75) is 0 Å². The summed E-state index contributed by atoms with van der Waals surface area (Å²) in [4.78, 5) is 12.2. The van der Waals surface area contributed by atoms with E-state index in [1.807, 2.05) is 4.90 Å². The van der Waals surface area contributed by atoms with Crippen molar-refractivity contribution in [1.82, 2.24) is 10.6 Å². The summed E-state index contributed by atoms with van der Waals surface area (Å²) in [6.07, 6.45) is 0. The maximum atomic E-state index is 10.8. The van der Waals surface area contributed by atoms with E-state index >= 15 is 0 Å². The van der Waals surface area contributed by atoms with E-state index in [-0.39, 0.29) is 6.54 Å². The third-order valence-electron chi connectivity index (χ3n) is 1.64. The quantitative estimate of drug-likeness (QED) is 0.498. The van der Waals surface area contributed by atoms with E-state index in [0.29, 0.717) is 24.6 Å². The maximum Gasteiger partial charge on any atom is 0.252 e. The molecule has 1 rings (SSSR count). The second-order valence-corrected chi connectivity index (χ2v) is 4.24. The fourth-order valence-corrected chi connectivity index (χ4v) is 2.16. The van der Waals surface area contributed by atoms with Crippen LogP contribution in [-0.2, 0) is 16.0 Å². The molecule has 1 aliphatic rings.